The van der Waals surface area contributed by atoms with E-state index in [2.05, 4.69) is 5.32 Å². The normalized spacial score (nSPS) is 23.2. The minimum Gasteiger partial charge on any atom is -0.352 e. The topological polar surface area (TPSA) is 49.4 Å². The zero-order valence-electron chi connectivity index (χ0n) is 13.2. The van der Waals surface area contributed by atoms with Crippen LogP contribution in [0.15, 0.2) is 24.3 Å². The van der Waals surface area contributed by atoms with Crippen molar-refractivity contribution in [3.63, 3.8) is 0 Å². The van der Waals surface area contributed by atoms with Crippen LogP contribution < -0.4 is 5.32 Å². The van der Waals surface area contributed by atoms with Crippen LogP contribution in [-0.4, -0.2) is 29.8 Å². The molecule has 0 bridgehead atoms. The lowest BCUT2D eigenvalue weighted by molar-refractivity contribution is -0.147. The number of carbonyl (C=O) groups excluding carboxylic acids is 2. The number of carbonyl (C=O) groups is 2. The molecule has 1 aliphatic heterocycles. The number of hydrogen-bond acceptors (Lipinski definition) is 2. The highest BCUT2D eigenvalue weighted by Crippen LogP contribution is 2.31. The molecule has 1 aromatic carbocycles. The van der Waals surface area contributed by atoms with Crippen molar-refractivity contribution in [3.05, 3.63) is 35.4 Å². The molecule has 2 aliphatic rings. The predicted octanol–water partition coefficient (Wildman–Crippen LogP) is 2.57. The third kappa shape index (κ3) is 2.87. The van der Waals surface area contributed by atoms with Crippen molar-refractivity contribution in [1.82, 2.24) is 10.2 Å². The lowest BCUT2D eigenvalue weighted by atomic mass is 9.87. The number of piperazine rings is 1. The molecule has 1 unspecified atom stereocenters. The van der Waals surface area contributed by atoms with Crippen LogP contribution in [0.2, 0.25) is 0 Å². The van der Waals surface area contributed by atoms with Gasteiger partial charge in [-0.05, 0) is 30.9 Å². The van der Waals surface area contributed by atoms with Crippen LogP contribution >= 0.6 is 0 Å². The van der Waals surface area contributed by atoms with E-state index in [1.54, 1.807) is 0 Å². The van der Waals surface area contributed by atoms with Gasteiger partial charge in [0.2, 0.25) is 11.8 Å². The molecule has 1 saturated carbocycles. The molecule has 1 N–H and O–H groups in total. The van der Waals surface area contributed by atoms with Crippen molar-refractivity contribution >= 4 is 11.8 Å². The van der Waals surface area contributed by atoms with Gasteiger partial charge in [0.1, 0.15) is 6.04 Å². The first-order valence-corrected chi connectivity index (χ1v) is 8.32. The van der Waals surface area contributed by atoms with E-state index in [9.17, 15) is 9.59 Å². The number of nitrogens with one attached hydrogen (secondary N) is 1. The second kappa shape index (κ2) is 6.51. The van der Waals surface area contributed by atoms with Gasteiger partial charge in [0.25, 0.3) is 0 Å². The summed E-state index contributed by atoms with van der Waals surface area (Å²) >= 11 is 0. The van der Waals surface area contributed by atoms with Gasteiger partial charge in [-0.2, -0.15) is 0 Å². The van der Waals surface area contributed by atoms with Crippen molar-refractivity contribution in [2.45, 2.75) is 45.1 Å². The van der Waals surface area contributed by atoms with Crippen LogP contribution in [0.1, 0.15) is 49.3 Å². The number of benzene rings is 1. The molecule has 0 aromatic heterocycles. The zero-order chi connectivity index (χ0) is 15.5. The van der Waals surface area contributed by atoms with E-state index in [0.29, 0.717) is 13.1 Å². The highest BCUT2D eigenvalue weighted by molar-refractivity contribution is 5.90. The second-order valence-corrected chi connectivity index (χ2v) is 6.42. The van der Waals surface area contributed by atoms with Gasteiger partial charge in [0.15, 0.2) is 0 Å². The summed E-state index contributed by atoms with van der Waals surface area (Å²) in [5.41, 5.74) is 2.01. The number of hydrogen-bond donors (Lipinski definition) is 1. The second-order valence-electron chi connectivity index (χ2n) is 6.42. The highest BCUT2D eigenvalue weighted by atomic mass is 16.2. The summed E-state index contributed by atoms with van der Waals surface area (Å²) in [5.74, 6) is 0.221. The number of aryl methyl sites for hydroxylation is 1. The van der Waals surface area contributed by atoms with Gasteiger partial charge in [0, 0.05) is 19.0 Å². The third-order valence-corrected chi connectivity index (χ3v) is 4.93. The summed E-state index contributed by atoms with van der Waals surface area (Å²) in [6.45, 7) is 3.17. The third-order valence-electron chi connectivity index (χ3n) is 4.93. The maximum absolute atomic E-state index is 12.9. The Hall–Kier alpha value is -1.84. The first-order chi connectivity index (χ1) is 10.7. The largest absolute Gasteiger partial charge is 0.352 e. The van der Waals surface area contributed by atoms with Gasteiger partial charge in [-0.1, -0.05) is 43.5 Å². The maximum atomic E-state index is 12.9. The molecule has 118 valence electrons. The standard InChI is InChI=1S/C18H24N2O2/c1-13-7-5-6-10-15(13)16-17(21)19-11-12-20(16)18(22)14-8-3-2-4-9-14/h5-7,10,14,16H,2-4,8-9,11-12H2,1H3,(H,19,21). The molecule has 2 fully saturated rings. The maximum Gasteiger partial charge on any atom is 0.247 e. The van der Waals surface area contributed by atoms with E-state index in [-0.39, 0.29) is 17.7 Å². The lowest BCUT2D eigenvalue weighted by Gasteiger charge is -2.38. The summed E-state index contributed by atoms with van der Waals surface area (Å²) in [5, 5.41) is 2.91. The predicted molar refractivity (Wildman–Crippen MR) is 85.2 cm³/mol. The molecule has 3 rings (SSSR count). The van der Waals surface area contributed by atoms with Crippen LogP contribution in [0.3, 0.4) is 0 Å². The zero-order valence-corrected chi connectivity index (χ0v) is 13.2. The van der Waals surface area contributed by atoms with Crippen LogP contribution in [0.25, 0.3) is 0 Å². The molecular formula is C18H24N2O2. The van der Waals surface area contributed by atoms with Crippen molar-refractivity contribution in [1.29, 1.82) is 0 Å². The van der Waals surface area contributed by atoms with E-state index in [0.717, 1.165) is 36.8 Å². The Morgan fingerprint density at radius 3 is 2.64 bits per heavy atom. The van der Waals surface area contributed by atoms with E-state index in [4.69, 9.17) is 0 Å². The van der Waals surface area contributed by atoms with E-state index >= 15 is 0 Å². The summed E-state index contributed by atoms with van der Waals surface area (Å²) in [4.78, 5) is 27.2. The van der Waals surface area contributed by atoms with Crippen LogP contribution in [0.5, 0.6) is 0 Å². The molecular weight excluding hydrogens is 276 g/mol. The Bertz CT molecular complexity index is 564. The molecule has 0 spiro atoms. The quantitative estimate of drug-likeness (QED) is 0.912. The van der Waals surface area contributed by atoms with Crippen molar-refractivity contribution < 1.29 is 9.59 Å². The van der Waals surface area contributed by atoms with Crippen LogP contribution in [0, 0.1) is 12.8 Å². The Morgan fingerprint density at radius 2 is 1.91 bits per heavy atom. The van der Waals surface area contributed by atoms with E-state index < -0.39 is 6.04 Å². The summed E-state index contributed by atoms with van der Waals surface area (Å²) in [6, 6.07) is 7.40. The number of amides is 2. The Labute approximate surface area is 131 Å². The first kappa shape index (κ1) is 15.1. The Morgan fingerprint density at radius 1 is 1.18 bits per heavy atom. The van der Waals surface area contributed by atoms with E-state index in [1.165, 1.54) is 6.42 Å². The first-order valence-electron chi connectivity index (χ1n) is 8.32. The van der Waals surface area contributed by atoms with Crippen molar-refractivity contribution in [2.24, 2.45) is 5.92 Å². The molecule has 1 heterocycles. The summed E-state index contributed by atoms with van der Waals surface area (Å²) < 4.78 is 0. The fraction of sp³-hybridized carbons (Fsp3) is 0.556. The van der Waals surface area contributed by atoms with Crippen LogP contribution in [0.4, 0.5) is 0 Å². The molecule has 4 nitrogen and oxygen atoms in total. The number of rotatable bonds is 2. The van der Waals surface area contributed by atoms with Gasteiger partial charge >= 0.3 is 0 Å². The molecule has 4 heteroatoms. The van der Waals surface area contributed by atoms with Crippen molar-refractivity contribution in [2.75, 3.05) is 13.1 Å². The minimum absolute atomic E-state index is 0.0512. The number of nitrogens with zero attached hydrogens (tertiary/aromatic N) is 1. The fourth-order valence-electron chi connectivity index (χ4n) is 3.69. The van der Waals surface area contributed by atoms with Gasteiger partial charge in [0.05, 0.1) is 0 Å². The molecule has 2 amide bonds. The highest BCUT2D eigenvalue weighted by Gasteiger charge is 2.37. The monoisotopic (exact) mass is 300 g/mol. The summed E-state index contributed by atoms with van der Waals surface area (Å²) in [7, 11) is 0. The average molecular weight is 300 g/mol. The average Bonchev–Trinajstić information content (AvgIpc) is 2.56. The summed E-state index contributed by atoms with van der Waals surface area (Å²) in [6.07, 6.45) is 5.43. The smallest absolute Gasteiger partial charge is 0.247 e. The van der Waals surface area contributed by atoms with Gasteiger partial charge in [-0.15, -0.1) is 0 Å². The molecule has 1 aromatic rings. The molecule has 1 saturated heterocycles. The Balaban J connectivity index is 1.88. The van der Waals surface area contributed by atoms with Gasteiger partial charge in [-0.3, -0.25) is 9.59 Å². The SMILES string of the molecule is Cc1ccccc1C1C(=O)NCCN1C(=O)C1CCCCC1. The van der Waals surface area contributed by atoms with Crippen molar-refractivity contribution in [3.8, 4) is 0 Å². The molecule has 1 atom stereocenters. The minimum atomic E-state index is -0.468. The Kier molecular flexibility index (Phi) is 4.46. The van der Waals surface area contributed by atoms with E-state index in [1.807, 2.05) is 36.1 Å². The van der Waals surface area contributed by atoms with Crippen LogP contribution in [-0.2, 0) is 9.59 Å². The fourth-order valence-corrected chi connectivity index (χ4v) is 3.69. The van der Waals surface area contributed by atoms with Gasteiger partial charge in [-0.25, -0.2) is 0 Å². The lowest BCUT2D eigenvalue weighted by Crippen LogP contribution is -2.53. The molecule has 1 aliphatic carbocycles. The molecule has 22 heavy (non-hydrogen) atoms. The molecule has 0 radical (unpaired) electrons. The van der Waals surface area contributed by atoms with Gasteiger partial charge < -0.3 is 10.2 Å².